The Balaban J connectivity index is 0.000000555. The summed E-state index contributed by atoms with van der Waals surface area (Å²) in [5.41, 5.74) is 1.43. The van der Waals surface area contributed by atoms with E-state index in [4.69, 9.17) is 37.7 Å². The molecule has 7 heteroatoms. The summed E-state index contributed by atoms with van der Waals surface area (Å²) in [6, 6.07) is 0. The molecule has 2 rings (SSSR count). The molecule has 0 aromatic heterocycles. The average Bonchev–Trinajstić information content (AvgIpc) is 2.85. The Hall–Kier alpha value is 0.0483. The van der Waals surface area contributed by atoms with Gasteiger partial charge in [0.25, 0.3) is 0 Å². The van der Waals surface area contributed by atoms with Crippen molar-refractivity contribution < 1.29 is 11.9 Å². The molecule has 0 saturated carbocycles. The van der Waals surface area contributed by atoms with Gasteiger partial charge in [0.05, 0.1) is 0 Å². The Morgan fingerprint density at radius 2 is 1.29 bits per heavy atom. The molecule has 2 nitrogen and oxygen atoms in total. The summed E-state index contributed by atoms with van der Waals surface area (Å²) in [6.07, 6.45) is 31.4. The van der Waals surface area contributed by atoms with Crippen LogP contribution in [0.4, 0.5) is 0 Å². The van der Waals surface area contributed by atoms with Crippen LogP contribution in [0.3, 0.4) is 0 Å². The van der Waals surface area contributed by atoms with Crippen LogP contribution < -0.4 is 0 Å². The maximum atomic E-state index is 5.01. The Morgan fingerprint density at radius 1 is 0.829 bits per heavy atom. The van der Waals surface area contributed by atoms with Crippen molar-refractivity contribution >= 4 is 37.7 Å². The van der Waals surface area contributed by atoms with Crippen molar-refractivity contribution in [2.24, 2.45) is 17.8 Å². The van der Waals surface area contributed by atoms with Gasteiger partial charge in [-0.1, -0.05) is 79.2 Å². The Bertz CT molecular complexity index is 654. The van der Waals surface area contributed by atoms with E-state index < -0.39 is 11.9 Å². The second kappa shape index (κ2) is 23.2. The van der Waals surface area contributed by atoms with Crippen molar-refractivity contribution in [2.45, 2.75) is 66.2 Å². The quantitative estimate of drug-likeness (QED) is 0.199. The van der Waals surface area contributed by atoms with E-state index in [1.807, 2.05) is 6.20 Å². The molecule has 0 atom stereocenters. The van der Waals surface area contributed by atoms with Gasteiger partial charge >= 0.3 is 49.6 Å². The van der Waals surface area contributed by atoms with Gasteiger partial charge in [-0.25, -0.2) is 0 Å². The van der Waals surface area contributed by atoms with E-state index in [2.05, 4.69) is 99.1 Å². The maximum absolute atomic E-state index is 5.01. The first-order chi connectivity index (χ1) is 16.8. The normalized spacial score (nSPS) is 17.6. The molecule has 204 valence electrons. The molecule has 2 aliphatic rings. The Kier molecular flexibility index (Phi) is 23.2. The molecule has 35 heavy (non-hydrogen) atoms. The first kappa shape index (κ1) is 35.0. The van der Waals surface area contributed by atoms with Crippen LogP contribution in [0.5, 0.6) is 0 Å². The zero-order valence-electron chi connectivity index (χ0n) is 21.7. The molecular formula is C28H44Cl4N2Pt. The predicted molar refractivity (Wildman–Crippen MR) is 159 cm³/mol. The van der Waals surface area contributed by atoms with Crippen LogP contribution in [0.1, 0.15) is 66.2 Å². The molecule has 0 amide bonds. The van der Waals surface area contributed by atoms with Gasteiger partial charge in [-0.2, -0.15) is 6.20 Å². The molecule has 0 aliphatic carbocycles. The number of piperidine rings is 1. The molecule has 0 radical (unpaired) electrons. The van der Waals surface area contributed by atoms with Crippen molar-refractivity contribution in [2.75, 3.05) is 19.6 Å². The summed E-state index contributed by atoms with van der Waals surface area (Å²) >= 11 is -3.06. The monoisotopic (exact) mass is 743 g/mol. The molecule has 0 aromatic rings. The van der Waals surface area contributed by atoms with Gasteiger partial charge in [-0.15, -0.1) is 19.6 Å². The third kappa shape index (κ3) is 21.8. The summed E-state index contributed by atoms with van der Waals surface area (Å²) in [6.45, 7) is 11.4. The molecule has 0 spiro atoms. The second-order valence-corrected chi connectivity index (χ2v) is 28.0. The third-order valence-electron chi connectivity index (χ3n) is 5.92. The van der Waals surface area contributed by atoms with Gasteiger partial charge in [-0.05, 0) is 71.1 Å². The molecule has 1 saturated heterocycles. The fourth-order valence-electron chi connectivity index (χ4n) is 4.04. The molecule has 0 unspecified atom stereocenters. The zero-order chi connectivity index (χ0) is 26.4. The van der Waals surface area contributed by atoms with Gasteiger partial charge in [0, 0.05) is 0 Å². The molecule has 1 fully saturated rings. The van der Waals surface area contributed by atoms with E-state index in [9.17, 15) is 0 Å². The van der Waals surface area contributed by atoms with E-state index in [-0.39, 0.29) is 0 Å². The van der Waals surface area contributed by atoms with Gasteiger partial charge in [0.15, 0.2) is 0 Å². The number of halogens is 4. The number of nitrogens with zero attached hydrogens (tertiary/aromatic N) is 2. The molecule has 0 bridgehead atoms. The zero-order valence-corrected chi connectivity index (χ0v) is 27.0. The van der Waals surface area contributed by atoms with E-state index >= 15 is 0 Å². The van der Waals surface area contributed by atoms with E-state index in [1.54, 1.807) is 0 Å². The minimum atomic E-state index is -3.06. The van der Waals surface area contributed by atoms with E-state index in [0.717, 1.165) is 44.3 Å². The Morgan fingerprint density at radius 3 is 1.69 bits per heavy atom. The summed E-state index contributed by atoms with van der Waals surface area (Å²) < 4.78 is 0. The van der Waals surface area contributed by atoms with Crippen molar-refractivity contribution in [1.29, 1.82) is 0 Å². The second-order valence-electron chi connectivity index (χ2n) is 8.34. The van der Waals surface area contributed by atoms with Crippen LogP contribution in [0.2, 0.25) is 0 Å². The van der Waals surface area contributed by atoms with E-state index in [0.29, 0.717) is 5.92 Å². The van der Waals surface area contributed by atoms with Crippen LogP contribution in [0.25, 0.3) is 10.6 Å². The predicted octanol–water partition coefficient (Wildman–Crippen LogP) is 11.4. The topological polar surface area (TPSA) is 28.2 Å². The van der Waals surface area contributed by atoms with Crippen molar-refractivity contribution in [3.63, 3.8) is 0 Å². The van der Waals surface area contributed by atoms with E-state index in [1.165, 1.54) is 31.3 Å². The number of rotatable bonds is 10. The summed E-state index contributed by atoms with van der Waals surface area (Å²) in [5.74, 6) is 2.35. The standard InChI is InChI=1S/C14H24N.C14H20N.4ClH.Pt/c2*1-3-5-7-13(8-6-4-2)14-9-11-15-12-10-14;;;;;/h3-6,13-14H,7-12H2,1-2H3;3-6,9-11,13H,7-8,12H2,1-2H3;4*1H;/q2*-1;;;;;+6/p-4/b2*5-3+,6-4+;;;;;. The minimum absolute atomic E-state index is 0.615. The van der Waals surface area contributed by atoms with Crippen LogP contribution in [0.15, 0.2) is 72.5 Å². The molecule has 2 aliphatic heterocycles. The number of hydrogen-bond donors (Lipinski definition) is 0. The van der Waals surface area contributed by atoms with Crippen LogP contribution >= 0.6 is 37.7 Å². The fourth-order valence-corrected chi connectivity index (χ4v) is 4.04. The summed E-state index contributed by atoms with van der Waals surface area (Å²) in [5, 5.41) is 8.61. The summed E-state index contributed by atoms with van der Waals surface area (Å²) in [4.78, 5) is 0. The van der Waals surface area contributed by atoms with Gasteiger partial charge in [-0.3, -0.25) is 0 Å². The number of allylic oxidation sites excluding steroid dienone is 10. The van der Waals surface area contributed by atoms with Crippen molar-refractivity contribution in [1.82, 2.24) is 0 Å². The molecule has 2 heterocycles. The van der Waals surface area contributed by atoms with Crippen molar-refractivity contribution in [3.05, 3.63) is 83.2 Å². The van der Waals surface area contributed by atoms with Gasteiger partial charge in [0.2, 0.25) is 0 Å². The van der Waals surface area contributed by atoms with Gasteiger partial charge in [0.1, 0.15) is 0 Å². The molecule has 0 aromatic carbocycles. The average molecular weight is 746 g/mol. The SMILES string of the molecule is C/C=C/CC(C/C=C/C)C1=CC[N-]C=C1.C/C=C/CC(C/C=C/C)C1CC[N-]CC1.[Cl][Pt+2]([Cl])([Cl])[Cl]. The van der Waals surface area contributed by atoms with Gasteiger partial charge < -0.3 is 10.6 Å². The third-order valence-corrected chi connectivity index (χ3v) is 5.92. The van der Waals surface area contributed by atoms with Crippen LogP contribution in [0, 0.1) is 17.8 Å². The first-order valence-electron chi connectivity index (χ1n) is 12.4. The number of hydrogen-bond acceptors (Lipinski definition) is 0. The Labute approximate surface area is 234 Å². The van der Waals surface area contributed by atoms with Crippen molar-refractivity contribution in [3.8, 4) is 0 Å². The summed E-state index contributed by atoms with van der Waals surface area (Å²) in [7, 11) is 20.0. The molecule has 0 N–H and O–H groups in total. The van der Waals surface area contributed by atoms with Crippen LogP contribution in [-0.4, -0.2) is 19.6 Å². The van der Waals surface area contributed by atoms with Crippen LogP contribution in [-0.2, 0) is 11.9 Å². The molecular weight excluding hydrogens is 701 g/mol. The first-order valence-corrected chi connectivity index (χ1v) is 23.6. The fraction of sp³-hybridized carbons (Fsp3) is 0.571.